The van der Waals surface area contributed by atoms with Crippen molar-refractivity contribution in [3.63, 3.8) is 0 Å². The SMILES string of the molecule is CCc1cc(C(=O)NC(C)C(C)CCl)n(C)n1. The first kappa shape index (κ1) is 14.0. The van der Waals surface area contributed by atoms with Crippen molar-refractivity contribution in [3.8, 4) is 0 Å². The van der Waals surface area contributed by atoms with Gasteiger partial charge in [0, 0.05) is 19.0 Å². The Hall–Kier alpha value is -1.03. The fourth-order valence-corrected chi connectivity index (χ4v) is 1.74. The molecule has 0 radical (unpaired) electrons. The molecule has 1 aromatic heterocycles. The zero-order valence-electron chi connectivity index (χ0n) is 10.8. The van der Waals surface area contributed by atoms with Crippen molar-refractivity contribution < 1.29 is 4.79 Å². The average molecular weight is 258 g/mol. The second kappa shape index (κ2) is 6.05. The summed E-state index contributed by atoms with van der Waals surface area (Å²) in [4.78, 5) is 12.0. The smallest absolute Gasteiger partial charge is 0.269 e. The summed E-state index contributed by atoms with van der Waals surface area (Å²) in [5, 5.41) is 7.19. The van der Waals surface area contributed by atoms with Gasteiger partial charge in [-0.15, -0.1) is 11.6 Å². The van der Waals surface area contributed by atoms with Crippen molar-refractivity contribution in [1.29, 1.82) is 0 Å². The van der Waals surface area contributed by atoms with Crippen LogP contribution in [0.25, 0.3) is 0 Å². The number of nitrogens with one attached hydrogen (secondary N) is 1. The minimum absolute atomic E-state index is 0.0555. The molecule has 2 unspecified atom stereocenters. The highest BCUT2D eigenvalue weighted by Crippen LogP contribution is 2.08. The lowest BCUT2D eigenvalue weighted by atomic mass is 10.1. The van der Waals surface area contributed by atoms with Gasteiger partial charge in [0.25, 0.3) is 5.91 Å². The van der Waals surface area contributed by atoms with Gasteiger partial charge in [0.15, 0.2) is 0 Å². The Balaban J connectivity index is 2.72. The number of alkyl halides is 1. The number of hydrogen-bond acceptors (Lipinski definition) is 2. The molecule has 0 spiro atoms. The number of halogens is 1. The molecule has 1 heterocycles. The molecule has 17 heavy (non-hydrogen) atoms. The van der Waals surface area contributed by atoms with Crippen LogP contribution < -0.4 is 5.32 Å². The molecule has 0 fully saturated rings. The standard InChI is InChI=1S/C12H20ClN3O/c1-5-10-6-11(16(4)15-10)12(17)14-9(3)8(2)7-13/h6,8-9H,5,7H2,1-4H3,(H,14,17). The number of aryl methyl sites for hydroxylation is 2. The summed E-state index contributed by atoms with van der Waals surface area (Å²) in [6, 6.07) is 1.88. The monoisotopic (exact) mass is 257 g/mol. The summed E-state index contributed by atoms with van der Waals surface area (Å²) in [6.45, 7) is 5.99. The maximum Gasteiger partial charge on any atom is 0.269 e. The largest absolute Gasteiger partial charge is 0.348 e. The summed E-state index contributed by atoms with van der Waals surface area (Å²) in [7, 11) is 1.78. The van der Waals surface area contributed by atoms with Crippen LogP contribution in [0.1, 0.15) is 37.0 Å². The Morgan fingerprint density at radius 2 is 2.24 bits per heavy atom. The molecule has 0 aliphatic rings. The van der Waals surface area contributed by atoms with Crippen LogP contribution in [-0.2, 0) is 13.5 Å². The van der Waals surface area contributed by atoms with Crippen LogP contribution in [0.15, 0.2) is 6.07 Å². The quantitative estimate of drug-likeness (QED) is 0.820. The van der Waals surface area contributed by atoms with Crippen molar-refractivity contribution in [2.45, 2.75) is 33.2 Å². The van der Waals surface area contributed by atoms with E-state index in [9.17, 15) is 4.79 Å². The first-order valence-electron chi connectivity index (χ1n) is 5.89. The van der Waals surface area contributed by atoms with Gasteiger partial charge in [0.2, 0.25) is 0 Å². The van der Waals surface area contributed by atoms with Crippen molar-refractivity contribution in [2.24, 2.45) is 13.0 Å². The average Bonchev–Trinajstić information content (AvgIpc) is 2.69. The van der Waals surface area contributed by atoms with E-state index < -0.39 is 0 Å². The molecule has 1 rings (SSSR count). The molecule has 0 aromatic carbocycles. The van der Waals surface area contributed by atoms with E-state index in [0.29, 0.717) is 11.6 Å². The highest BCUT2D eigenvalue weighted by molar-refractivity contribution is 6.18. The molecule has 1 aromatic rings. The highest BCUT2D eigenvalue weighted by atomic mass is 35.5. The van der Waals surface area contributed by atoms with Gasteiger partial charge in [0.05, 0.1) is 5.69 Å². The summed E-state index contributed by atoms with van der Waals surface area (Å²) in [5.74, 6) is 0.691. The second-order valence-corrected chi connectivity index (χ2v) is 4.70. The molecule has 4 nitrogen and oxygen atoms in total. The molecule has 2 atom stereocenters. The molecule has 0 aliphatic carbocycles. The highest BCUT2D eigenvalue weighted by Gasteiger charge is 2.17. The lowest BCUT2D eigenvalue weighted by Gasteiger charge is -2.18. The zero-order chi connectivity index (χ0) is 13.0. The first-order chi connectivity index (χ1) is 7.99. The molecule has 5 heteroatoms. The van der Waals surface area contributed by atoms with Crippen LogP contribution in [0, 0.1) is 5.92 Å². The van der Waals surface area contributed by atoms with Gasteiger partial charge < -0.3 is 5.32 Å². The summed E-state index contributed by atoms with van der Waals surface area (Å²) in [5.41, 5.74) is 1.52. The fraction of sp³-hybridized carbons (Fsp3) is 0.667. The van der Waals surface area contributed by atoms with E-state index in [0.717, 1.165) is 12.1 Å². The summed E-state index contributed by atoms with van der Waals surface area (Å²) >= 11 is 5.77. The van der Waals surface area contributed by atoms with Crippen LogP contribution in [-0.4, -0.2) is 27.6 Å². The number of carbonyl (C=O) groups is 1. The molecule has 0 aliphatic heterocycles. The van der Waals surface area contributed by atoms with Gasteiger partial charge in [-0.25, -0.2) is 0 Å². The van der Waals surface area contributed by atoms with Gasteiger partial charge in [-0.05, 0) is 25.3 Å². The van der Waals surface area contributed by atoms with Gasteiger partial charge in [-0.2, -0.15) is 5.10 Å². The Morgan fingerprint density at radius 3 is 2.71 bits per heavy atom. The van der Waals surface area contributed by atoms with Crippen molar-refractivity contribution in [1.82, 2.24) is 15.1 Å². The van der Waals surface area contributed by atoms with E-state index in [-0.39, 0.29) is 17.9 Å². The maximum atomic E-state index is 12.0. The van der Waals surface area contributed by atoms with E-state index in [1.807, 2.05) is 26.8 Å². The van der Waals surface area contributed by atoms with Gasteiger partial charge in [-0.3, -0.25) is 9.48 Å². The van der Waals surface area contributed by atoms with E-state index >= 15 is 0 Å². The number of rotatable bonds is 5. The first-order valence-corrected chi connectivity index (χ1v) is 6.42. The van der Waals surface area contributed by atoms with Crippen molar-refractivity contribution in [3.05, 3.63) is 17.5 Å². The Bertz CT molecular complexity index is 389. The predicted octanol–water partition coefficient (Wildman–Crippen LogP) is 1.98. The minimum Gasteiger partial charge on any atom is -0.348 e. The molecular weight excluding hydrogens is 238 g/mol. The zero-order valence-corrected chi connectivity index (χ0v) is 11.6. The van der Waals surface area contributed by atoms with Crippen LogP contribution in [0.5, 0.6) is 0 Å². The third-order valence-electron chi connectivity index (χ3n) is 2.98. The Morgan fingerprint density at radius 1 is 1.59 bits per heavy atom. The summed E-state index contributed by atoms with van der Waals surface area (Å²) in [6.07, 6.45) is 0.828. The maximum absolute atomic E-state index is 12.0. The number of amides is 1. The molecule has 1 amide bonds. The van der Waals surface area contributed by atoms with Crippen LogP contribution in [0.3, 0.4) is 0 Å². The lowest BCUT2D eigenvalue weighted by molar-refractivity contribution is 0.0921. The van der Waals surface area contributed by atoms with Gasteiger partial charge in [0.1, 0.15) is 5.69 Å². The van der Waals surface area contributed by atoms with Crippen LogP contribution in [0.4, 0.5) is 0 Å². The van der Waals surface area contributed by atoms with E-state index in [1.165, 1.54) is 0 Å². The number of nitrogens with zero attached hydrogens (tertiary/aromatic N) is 2. The Labute approximate surface area is 107 Å². The minimum atomic E-state index is -0.0934. The van der Waals surface area contributed by atoms with E-state index in [4.69, 9.17) is 11.6 Å². The molecule has 0 saturated heterocycles. The van der Waals surface area contributed by atoms with Crippen molar-refractivity contribution >= 4 is 17.5 Å². The van der Waals surface area contributed by atoms with Crippen LogP contribution >= 0.6 is 11.6 Å². The molecule has 0 bridgehead atoms. The van der Waals surface area contributed by atoms with Gasteiger partial charge in [-0.1, -0.05) is 13.8 Å². The van der Waals surface area contributed by atoms with E-state index in [1.54, 1.807) is 11.7 Å². The third-order valence-corrected chi connectivity index (χ3v) is 3.47. The number of hydrogen-bond donors (Lipinski definition) is 1. The second-order valence-electron chi connectivity index (χ2n) is 4.39. The molecule has 96 valence electrons. The lowest BCUT2D eigenvalue weighted by Crippen LogP contribution is -2.38. The normalized spacial score (nSPS) is 14.4. The number of aromatic nitrogens is 2. The van der Waals surface area contributed by atoms with Gasteiger partial charge >= 0.3 is 0 Å². The van der Waals surface area contributed by atoms with E-state index in [2.05, 4.69) is 10.4 Å². The molecule has 0 saturated carbocycles. The fourth-order valence-electron chi connectivity index (χ4n) is 1.47. The molecule has 1 N–H and O–H groups in total. The topological polar surface area (TPSA) is 46.9 Å². The summed E-state index contributed by atoms with van der Waals surface area (Å²) < 4.78 is 1.62. The predicted molar refractivity (Wildman–Crippen MR) is 69.4 cm³/mol. The Kier molecular flexibility index (Phi) is 5.00. The third kappa shape index (κ3) is 3.46. The number of carbonyl (C=O) groups excluding carboxylic acids is 1. The van der Waals surface area contributed by atoms with Crippen molar-refractivity contribution in [2.75, 3.05) is 5.88 Å². The van der Waals surface area contributed by atoms with Crippen LogP contribution in [0.2, 0.25) is 0 Å². The molecular formula is C12H20ClN3O.